The number of nitro groups is 1. The molecule has 0 saturated carbocycles. The van der Waals surface area contributed by atoms with Crippen molar-refractivity contribution in [3.63, 3.8) is 0 Å². The van der Waals surface area contributed by atoms with Crippen molar-refractivity contribution in [3.05, 3.63) is 46.1 Å². The van der Waals surface area contributed by atoms with Crippen LogP contribution >= 0.6 is 11.8 Å². The van der Waals surface area contributed by atoms with Gasteiger partial charge in [0, 0.05) is 30.9 Å². The molecule has 9 nitrogen and oxygen atoms in total. The number of rotatable bonds is 6. The van der Waals surface area contributed by atoms with Crippen molar-refractivity contribution >= 4 is 35.1 Å². The van der Waals surface area contributed by atoms with Crippen molar-refractivity contribution in [2.24, 2.45) is 7.05 Å². The van der Waals surface area contributed by atoms with E-state index in [-0.39, 0.29) is 17.8 Å². The molecule has 2 rings (SSSR count). The number of nitro benzene ring substituents is 1. The second-order valence-corrected chi connectivity index (χ2v) is 5.60. The summed E-state index contributed by atoms with van der Waals surface area (Å²) in [4.78, 5) is 34.7. The van der Waals surface area contributed by atoms with Gasteiger partial charge >= 0.3 is 0 Å². The fourth-order valence-electron chi connectivity index (χ4n) is 1.91. The zero-order valence-electron chi connectivity index (χ0n) is 13.0. The highest BCUT2D eigenvalue weighted by Gasteiger charge is 2.17. The van der Waals surface area contributed by atoms with Gasteiger partial charge in [-0.05, 0) is 18.4 Å². The molecule has 1 heterocycles. The molecule has 126 valence electrons. The molecule has 0 bridgehead atoms. The number of hydrogen-bond donors (Lipinski definition) is 2. The molecular weight excluding hydrogens is 334 g/mol. The number of carbonyl (C=O) groups excluding carboxylic acids is 2. The standard InChI is InChI=1S/C14H15N5O4S/c1-18-6-5-12(17-18)16-13(20)8-15-14(21)9-3-4-11(24-2)10(7-9)19(22)23/h3-7H,8H2,1-2H3,(H,15,21)(H,16,17,20). The smallest absolute Gasteiger partial charge is 0.283 e. The van der Waals surface area contributed by atoms with Gasteiger partial charge in [-0.15, -0.1) is 11.8 Å². The van der Waals surface area contributed by atoms with Crippen LogP contribution in [0.5, 0.6) is 0 Å². The van der Waals surface area contributed by atoms with Crippen LogP contribution in [-0.4, -0.2) is 39.3 Å². The number of benzene rings is 1. The maximum absolute atomic E-state index is 12.0. The molecule has 0 unspecified atom stereocenters. The van der Waals surface area contributed by atoms with Crippen LogP contribution in [0.15, 0.2) is 35.4 Å². The third-order valence-electron chi connectivity index (χ3n) is 3.03. The van der Waals surface area contributed by atoms with E-state index < -0.39 is 16.7 Å². The molecule has 2 N–H and O–H groups in total. The summed E-state index contributed by atoms with van der Waals surface area (Å²) in [6.45, 7) is -0.270. The zero-order chi connectivity index (χ0) is 17.7. The van der Waals surface area contributed by atoms with Gasteiger partial charge in [0.15, 0.2) is 5.82 Å². The summed E-state index contributed by atoms with van der Waals surface area (Å²) in [6, 6.07) is 5.79. The number of anilines is 1. The summed E-state index contributed by atoms with van der Waals surface area (Å²) in [5.74, 6) is -0.643. The molecule has 0 radical (unpaired) electrons. The van der Waals surface area contributed by atoms with Crippen molar-refractivity contribution in [2.75, 3.05) is 18.1 Å². The largest absolute Gasteiger partial charge is 0.343 e. The second kappa shape index (κ2) is 7.59. The molecule has 2 aromatic rings. The predicted octanol–water partition coefficient (Wildman–Crippen LogP) is 1.42. The first kappa shape index (κ1) is 17.5. The minimum absolute atomic E-state index is 0.116. The third kappa shape index (κ3) is 4.32. The van der Waals surface area contributed by atoms with Crippen LogP contribution in [0.2, 0.25) is 0 Å². The second-order valence-electron chi connectivity index (χ2n) is 4.75. The highest BCUT2D eigenvalue weighted by molar-refractivity contribution is 7.98. The van der Waals surface area contributed by atoms with Gasteiger partial charge in [-0.3, -0.25) is 24.4 Å². The average molecular weight is 349 g/mol. The van der Waals surface area contributed by atoms with Crippen molar-refractivity contribution in [1.29, 1.82) is 0 Å². The lowest BCUT2D eigenvalue weighted by atomic mass is 10.2. The Labute approximate surface area is 141 Å². The summed E-state index contributed by atoms with van der Waals surface area (Å²) in [5.41, 5.74) is -0.0294. The fraction of sp³-hybridized carbons (Fsp3) is 0.214. The van der Waals surface area contributed by atoms with Gasteiger partial charge < -0.3 is 10.6 Å². The number of hydrogen-bond acceptors (Lipinski definition) is 6. The van der Waals surface area contributed by atoms with Gasteiger partial charge in [-0.1, -0.05) is 0 Å². The van der Waals surface area contributed by atoms with Crippen LogP contribution in [0, 0.1) is 10.1 Å². The van der Waals surface area contributed by atoms with Crippen LogP contribution in [0.4, 0.5) is 11.5 Å². The minimum atomic E-state index is -0.568. The molecule has 0 atom stereocenters. The Morgan fingerprint density at radius 2 is 2.12 bits per heavy atom. The Morgan fingerprint density at radius 1 is 1.38 bits per heavy atom. The number of aryl methyl sites for hydroxylation is 1. The van der Waals surface area contributed by atoms with Crippen molar-refractivity contribution < 1.29 is 14.5 Å². The number of aromatic nitrogens is 2. The quantitative estimate of drug-likeness (QED) is 0.462. The van der Waals surface area contributed by atoms with Gasteiger partial charge in [-0.2, -0.15) is 5.10 Å². The maximum Gasteiger partial charge on any atom is 0.283 e. The van der Waals surface area contributed by atoms with Crippen LogP contribution in [0.25, 0.3) is 0 Å². The van der Waals surface area contributed by atoms with E-state index >= 15 is 0 Å². The summed E-state index contributed by atoms with van der Waals surface area (Å²) >= 11 is 1.22. The molecule has 0 spiro atoms. The summed E-state index contributed by atoms with van der Waals surface area (Å²) in [5, 5.41) is 19.9. The molecule has 0 saturated heterocycles. The van der Waals surface area contributed by atoms with E-state index in [1.165, 1.54) is 34.6 Å². The van der Waals surface area contributed by atoms with E-state index in [9.17, 15) is 19.7 Å². The highest BCUT2D eigenvalue weighted by Crippen LogP contribution is 2.28. The van der Waals surface area contributed by atoms with E-state index in [0.29, 0.717) is 10.7 Å². The van der Waals surface area contributed by atoms with Crippen LogP contribution in [0.1, 0.15) is 10.4 Å². The Kier molecular flexibility index (Phi) is 5.53. The Hall–Kier alpha value is -2.88. The molecule has 10 heteroatoms. The SMILES string of the molecule is CSc1ccc(C(=O)NCC(=O)Nc2ccn(C)n2)cc1[N+](=O)[O-]. The van der Waals surface area contributed by atoms with Crippen LogP contribution in [-0.2, 0) is 11.8 Å². The normalized spacial score (nSPS) is 10.2. The minimum Gasteiger partial charge on any atom is -0.343 e. The third-order valence-corrected chi connectivity index (χ3v) is 3.81. The van der Waals surface area contributed by atoms with Gasteiger partial charge in [-0.25, -0.2) is 0 Å². The first-order valence-electron chi connectivity index (χ1n) is 6.81. The number of amides is 2. The summed E-state index contributed by atoms with van der Waals surface area (Å²) in [7, 11) is 1.71. The van der Waals surface area contributed by atoms with E-state index in [1.807, 2.05) is 0 Å². The van der Waals surface area contributed by atoms with Crippen LogP contribution < -0.4 is 10.6 Å². The van der Waals surface area contributed by atoms with Crippen LogP contribution in [0.3, 0.4) is 0 Å². The number of thioether (sulfide) groups is 1. The Balaban J connectivity index is 1.98. The predicted molar refractivity (Wildman–Crippen MR) is 89.0 cm³/mol. The van der Waals surface area contributed by atoms with Gasteiger partial charge in [0.05, 0.1) is 16.4 Å². The number of carbonyl (C=O) groups is 2. The number of nitrogens with one attached hydrogen (secondary N) is 2. The lowest BCUT2D eigenvalue weighted by Gasteiger charge is -2.06. The molecular formula is C14H15N5O4S. The number of nitrogens with zero attached hydrogens (tertiary/aromatic N) is 3. The van der Waals surface area contributed by atoms with Crippen molar-refractivity contribution in [2.45, 2.75) is 4.90 Å². The fourth-order valence-corrected chi connectivity index (χ4v) is 2.45. The van der Waals surface area contributed by atoms with E-state index in [2.05, 4.69) is 15.7 Å². The molecule has 1 aromatic heterocycles. The van der Waals surface area contributed by atoms with Crippen molar-refractivity contribution in [1.82, 2.24) is 15.1 Å². The van der Waals surface area contributed by atoms with Gasteiger partial charge in [0.2, 0.25) is 5.91 Å². The van der Waals surface area contributed by atoms with E-state index in [4.69, 9.17) is 0 Å². The van der Waals surface area contributed by atoms with E-state index in [1.54, 1.807) is 25.6 Å². The first-order valence-corrected chi connectivity index (χ1v) is 8.03. The van der Waals surface area contributed by atoms with Gasteiger partial charge in [0.1, 0.15) is 0 Å². The lowest BCUT2D eigenvalue weighted by molar-refractivity contribution is -0.387. The Morgan fingerprint density at radius 3 is 2.71 bits per heavy atom. The monoisotopic (exact) mass is 349 g/mol. The summed E-state index contributed by atoms with van der Waals surface area (Å²) < 4.78 is 1.53. The molecule has 24 heavy (non-hydrogen) atoms. The lowest BCUT2D eigenvalue weighted by Crippen LogP contribution is -2.33. The maximum atomic E-state index is 12.0. The Bertz CT molecular complexity index is 789. The molecule has 1 aromatic carbocycles. The molecule has 0 aliphatic heterocycles. The topological polar surface area (TPSA) is 119 Å². The zero-order valence-corrected chi connectivity index (χ0v) is 13.8. The molecule has 0 aliphatic rings. The van der Waals surface area contributed by atoms with Gasteiger partial charge in [0.25, 0.3) is 11.6 Å². The van der Waals surface area contributed by atoms with E-state index in [0.717, 1.165) is 0 Å². The van der Waals surface area contributed by atoms with Crippen molar-refractivity contribution in [3.8, 4) is 0 Å². The highest BCUT2D eigenvalue weighted by atomic mass is 32.2. The molecule has 0 aliphatic carbocycles. The average Bonchev–Trinajstić information content (AvgIpc) is 2.96. The molecule has 0 fully saturated rings. The molecule has 2 amide bonds. The summed E-state index contributed by atoms with van der Waals surface area (Å²) in [6.07, 6.45) is 3.38. The first-order chi connectivity index (χ1) is 11.4.